The average molecular weight is 453 g/mol. The lowest BCUT2D eigenvalue weighted by Crippen LogP contribution is -2.15. The third-order valence-electron chi connectivity index (χ3n) is 5.31. The Morgan fingerprint density at radius 1 is 1.09 bits per heavy atom. The van der Waals surface area contributed by atoms with Gasteiger partial charge in [0.15, 0.2) is 0 Å². The molecule has 0 fully saturated rings. The SMILES string of the molecule is CCOc1cc2c(cc1C(F)(F)F)NC(=O)CC(c1cccc(-c3cc(C)ncc3C)c1)=N2. The fourth-order valence-electron chi connectivity index (χ4n) is 3.76. The Labute approximate surface area is 189 Å². The number of hydrogen-bond acceptors (Lipinski definition) is 4. The molecule has 1 N–H and O–H groups in total. The third kappa shape index (κ3) is 4.74. The van der Waals surface area contributed by atoms with Crippen molar-refractivity contribution < 1.29 is 22.7 Å². The Kier molecular flexibility index (Phi) is 5.93. The lowest BCUT2D eigenvalue weighted by molar-refractivity contribution is -0.138. The van der Waals surface area contributed by atoms with E-state index < -0.39 is 17.6 Å². The molecular formula is C25H22F3N3O2. The third-order valence-corrected chi connectivity index (χ3v) is 5.31. The molecule has 1 aromatic heterocycles. The number of aryl methyl sites for hydroxylation is 2. The number of rotatable bonds is 4. The minimum absolute atomic E-state index is 0.00235. The van der Waals surface area contributed by atoms with E-state index in [2.05, 4.69) is 15.3 Å². The standard InChI is InChI=1S/C25H22F3N3O2/c1-4-33-23-11-22-21(10-19(23)25(26,27)28)31-24(32)12-20(30-22)17-7-5-6-16(9-17)18-8-15(3)29-13-14(18)2/h5-11,13H,4,12H2,1-3H3,(H,31,32). The van der Waals surface area contributed by atoms with E-state index in [1.165, 1.54) is 6.07 Å². The summed E-state index contributed by atoms with van der Waals surface area (Å²) < 4.78 is 45.8. The van der Waals surface area contributed by atoms with E-state index in [1.54, 1.807) is 13.1 Å². The van der Waals surface area contributed by atoms with Gasteiger partial charge in [-0.3, -0.25) is 9.78 Å². The molecule has 8 heteroatoms. The number of alkyl halides is 3. The van der Waals surface area contributed by atoms with Crippen LogP contribution in [0.25, 0.3) is 11.1 Å². The summed E-state index contributed by atoms with van der Waals surface area (Å²) in [4.78, 5) is 21.4. The molecule has 0 spiro atoms. The lowest BCUT2D eigenvalue weighted by atomic mass is 9.97. The van der Waals surface area contributed by atoms with Crippen LogP contribution >= 0.6 is 0 Å². The molecule has 2 aromatic carbocycles. The highest BCUT2D eigenvalue weighted by molar-refractivity contribution is 6.17. The van der Waals surface area contributed by atoms with Gasteiger partial charge in [-0.05, 0) is 61.2 Å². The summed E-state index contributed by atoms with van der Waals surface area (Å²) in [6.07, 6.45) is -2.90. The summed E-state index contributed by atoms with van der Waals surface area (Å²) in [7, 11) is 0. The highest BCUT2D eigenvalue weighted by Gasteiger charge is 2.36. The number of nitrogens with zero attached hydrogens (tertiary/aromatic N) is 2. The predicted molar refractivity (Wildman–Crippen MR) is 121 cm³/mol. The Bertz CT molecular complexity index is 1270. The number of nitrogens with one attached hydrogen (secondary N) is 1. The summed E-state index contributed by atoms with van der Waals surface area (Å²) in [5.41, 5.74) is 4.27. The van der Waals surface area contributed by atoms with Crippen LogP contribution in [0.5, 0.6) is 5.75 Å². The van der Waals surface area contributed by atoms with Gasteiger partial charge in [0.1, 0.15) is 5.75 Å². The fourth-order valence-corrected chi connectivity index (χ4v) is 3.76. The van der Waals surface area contributed by atoms with Crippen LogP contribution < -0.4 is 10.1 Å². The molecule has 1 amide bonds. The molecule has 0 unspecified atom stereocenters. The number of anilines is 1. The van der Waals surface area contributed by atoms with E-state index in [4.69, 9.17) is 4.74 Å². The minimum atomic E-state index is -4.63. The van der Waals surface area contributed by atoms with Crippen LogP contribution in [0.4, 0.5) is 24.5 Å². The summed E-state index contributed by atoms with van der Waals surface area (Å²) in [6.45, 7) is 5.55. The number of hydrogen-bond donors (Lipinski definition) is 1. The summed E-state index contributed by atoms with van der Waals surface area (Å²) in [6, 6.07) is 11.7. The molecule has 0 saturated carbocycles. The first-order valence-electron chi connectivity index (χ1n) is 10.4. The Hall–Kier alpha value is -3.68. The zero-order valence-electron chi connectivity index (χ0n) is 18.4. The lowest BCUT2D eigenvalue weighted by Gasteiger charge is -2.16. The largest absolute Gasteiger partial charge is 0.493 e. The first-order chi connectivity index (χ1) is 15.7. The van der Waals surface area contributed by atoms with E-state index in [1.807, 2.05) is 44.2 Å². The number of carbonyl (C=O) groups is 1. The second-order valence-corrected chi connectivity index (χ2v) is 7.80. The van der Waals surface area contributed by atoms with Crippen LogP contribution in [0.2, 0.25) is 0 Å². The maximum Gasteiger partial charge on any atom is 0.420 e. The monoisotopic (exact) mass is 453 g/mol. The van der Waals surface area contributed by atoms with Crippen LogP contribution in [-0.2, 0) is 11.0 Å². The summed E-state index contributed by atoms with van der Waals surface area (Å²) >= 11 is 0. The van der Waals surface area contributed by atoms with Crippen LogP contribution in [-0.4, -0.2) is 23.2 Å². The summed E-state index contributed by atoms with van der Waals surface area (Å²) in [5.74, 6) is -0.759. The van der Waals surface area contributed by atoms with E-state index in [9.17, 15) is 18.0 Å². The Morgan fingerprint density at radius 2 is 1.85 bits per heavy atom. The van der Waals surface area contributed by atoms with Gasteiger partial charge in [0.25, 0.3) is 0 Å². The topological polar surface area (TPSA) is 63.6 Å². The zero-order chi connectivity index (χ0) is 23.8. The number of carbonyl (C=O) groups excluding carboxylic acids is 1. The van der Waals surface area contributed by atoms with Gasteiger partial charge in [-0.25, -0.2) is 4.99 Å². The Balaban J connectivity index is 1.83. The highest BCUT2D eigenvalue weighted by atomic mass is 19.4. The molecule has 4 rings (SSSR count). The molecule has 170 valence electrons. The summed E-state index contributed by atoms with van der Waals surface area (Å²) in [5, 5.41) is 2.55. The molecule has 2 heterocycles. The fraction of sp³-hybridized carbons (Fsp3) is 0.240. The highest BCUT2D eigenvalue weighted by Crippen LogP contribution is 2.43. The quantitative estimate of drug-likeness (QED) is 0.508. The molecule has 3 aromatic rings. The van der Waals surface area contributed by atoms with Gasteiger partial charge in [-0.2, -0.15) is 13.2 Å². The van der Waals surface area contributed by atoms with Gasteiger partial charge in [-0.15, -0.1) is 0 Å². The van der Waals surface area contributed by atoms with Gasteiger partial charge >= 0.3 is 6.18 Å². The van der Waals surface area contributed by atoms with Gasteiger partial charge < -0.3 is 10.1 Å². The van der Waals surface area contributed by atoms with E-state index in [0.29, 0.717) is 11.3 Å². The smallest absolute Gasteiger partial charge is 0.420 e. The molecule has 33 heavy (non-hydrogen) atoms. The van der Waals surface area contributed by atoms with Crippen molar-refractivity contribution in [2.75, 3.05) is 11.9 Å². The van der Waals surface area contributed by atoms with Gasteiger partial charge in [0.05, 0.1) is 35.7 Å². The van der Waals surface area contributed by atoms with Crippen molar-refractivity contribution in [2.24, 2.45) is 4.99 Å². The number of amides is 1. The number of aromatic nitrogens is 1. The van der Waals surface area contributed by atoms with Crippen molar-refractivity contribution in [3.63, 3.8) is 0 Å². The van der Waals surface area contributed by atoms with Gasteiger partial charge in [0.2, 0.25) is 5.91 Å². The molecule has 1 aliphatic rings. The second-order valence-electron chi connectivity index (χ2n) is 7.80. The number of ether oxygens (including phenoxy) is 1. The number of halogens is 3. The van der Waals surface area contributed by atoms with Crippen LogP contribution in [0, 0.1) is 13.8 Å². The van der Waals surface area contributed by atoms with Crippen molar-refractivity contribution in [2.45, 2.75) is 33.4 Å². The maximum absolute atomic E-state index is 13.5. The van der Waals surface area contributed by atoms with Gasteiger partial charge in [0, 0.05) is 18.0 Å². The van der Waals surface area contributed by atoms with Crippen molar-refractivity contribution >= 4 is 23.0 Å². The molecule has 5 nitrogen and oxygen atoms in total. The molecule has 0 bridgehead atoms. The zero-order valence-corrected chi connectivity index (χ0v) is 18.4. The van der Waals surface area contributed by atoms with Crippen molar-refractivity contribution in [3.8, 4) is 16.9 Å². The number of pyridine rings is 1. The van der Waals surface area contributed by atoms with Crippen LogP contribution in [0.3, 0.4) is 0 Å². The molecule has 0 aliphatic carbocycles. The van der Waals surface area contributed by atoms with Crippen molar-refractivity contribution in [1.29, 1.82) is 0 Å². The normalized spacial score (nSPS) is 13.6. The molecule has 1 aliphatic heterocycles. The Morgan fingerprint density at radius 3 is 2.58 bits per heavy atom. The maximum atomic E-state index is 13.5. The van der Waals surface area contributed by atoms with E-state index in [0.717, 1.165) is 28.5 Å². The van der Waals surface area contributed by atoms with Crippen molar-refractivity contribution in [3.05, 3.63) is 71.0 Å². The minimum Gasteiger partial charge on any atom is -0.493 e. The first kappa shape index (κ1) is 22.5. The molecular weight excluding hydrogens is 431 g/mol. The molecule has 0 atom stereocenters. The first-order valence-corrected chi connectivity index (χ1v) is 10.4. The van der Waals surface area contributed by atoms with Crippen LogP contribution in [0.1, 0.15) is 35.7 Å². The average Bonchev–Trinajstić information content (AvgIpc) is 2.92. The predicted octanol–water partition coefficient (Wildman–Crippen LogP) is 6.25. The number of aliphatic imine (C=N–C) groups is 1. The van der Waals surface area contributed by atoms with Gasteiger partial charge in [-0.1, -0.05) is 18.2 Å². The number of fused-ring (bicyclic) bond motifs is 1. The number of benzene rings is 2. The molecule has 0 radical (unpaired) electrons. The molecule has 0 saturated heterocycles. The van der Waals surface area contributed by atoms with Crippen LogP contribution in [0.15, 0.2) is 53.7 Å². The van der Waals surface area contributed by atoms with Crippen molar-refractivity contribution in [1.82, 2.24) is 4.98 Å². The van der Waals surface area contributed by atoms with E-state index in [-0.39, 0.29) is 30.2 Å². The second kappa shape index (κ2) is 8.69. The van der Waals surface area contributed by atoms with E-state index >= 15 is 0 Å².